The van der Waals surface area contributed by atoms with Crippen LogP contribution in [0.25, 0.3) is 66.3 Å². The quantitative estimate of drug-likeness (QED) is 0.00825. The van der Waals surface area contributed by atoms with Gasteiger partial charge in [0.15, 0.2) is 41.1 Å². The number of aliphatic carboxylic acids is 1. The number of esters is 2. The number of methoxy groups -OCH3 is 3. The molecule has 0 saturated carbocycles. The molecule has 3 aromatic heterocycles. The van der Waals surface area contributed by atoms with Crippen molar-refractivity contribution in [1.29, 1.82) is 0 Å². The van der Waals surface area contributed by atoms with Crippen LogP contribution in [0.1, 0.15) is 36.5 Å². The van der Waals surface area contributed by atoms with Gasteiger partial charge in [-0.3, -0.25) is 28.8 Å². The topological polar surface area (TPSA) is 470 Å². The van der Waals surface area contributed by atoms with E-state index in [4.69, 9.17) is 73.4 Å². The van der Waals surface area contributed by atoms with Crippen molar-refractivity contribution in [3.8, 4) is 102 Å². The minimum atomic E-state index is -1.35. The van der Waals surface area contributed by atoms with E-state index in [1.165, 1.54) is 94.7 Å². The molecule has 9 aromatic rings. The maximum Gasteiger partial charge on any atom is 1.00 e. The Morgan fingerprint density at radius 3 is 1.07 bits per heavy atom. The predicted molar refractivity (Wildman–Crippen MR) is 372 cm³/mol. The fourth-order valence-corrected chi connectivity index (χ4v) is 7.96. The fourth-order valence-electron chi connectivity index (χ4n) is 7.81. The second-order valence-corrected chi connectivity index (χ2v) is 29.6. The van der Waals surface area contributed by atoms with E-state index in [9.17, 15) is 69.6 Å². The molecular formula is C63H64ClI3K2Na2O30V. The average Bonchev–Trinajstić information content (AvgIpc) is 0.782. The van der Waals surface area contributed by atoms with Crippen molar-refractivity contribution in [2.45, 2.75) is 35.1 Å². The van der Waals surface area contributed by atoms with E-state index in [2.05, 4.69) is 54.5 Å². The molecule has 6 aromatic carbocycles. The van der Waals surface area contributed by atoms with Crippen LogP contribution in [-0.4, -0.2) is 120 Å². The molecule has 533 valence electrons. The van der Waals surface area contributed by atoms with Crippen LogP contribution in [0.5, 0.6) is 69.0 Å². The SMILES string of the molecule is C.C.CCOC(=O)CCCl.CCOC(=O)COc1ccc(-c2coc3cc(O)c(OC)c(O)c3c2=O)cc1.COc1c(O)cc2occ(-c3ccc(O)cc3)c(=O)c2c1O.COc1c(O)cc2occ(-c3ccc(OCC(=O)[O-])cc3)c(=O)c2c1O.I.O=CO[O-].O=CO[O-].[H-].[I][V][I].[K+].[K+].[Na+].[Na+]. The van der Waals surface area contributed by atoms with E-state index >= 15 is 0 Å². The van der Waals surface area contributed by atoms with Gasteiger partial charge in [-0.15, -0.1) is 35.6 Å². The Bertz CT molecular complexity index is 4230. The zero-order valence-corrected chi connectivity index (χ0v) is 73.3. The molecule has 0 atom stereocenters. The third-order valence-corrected chi connectivity index (χ3v) is 11.9. The number of carboxylic acid groups (broad SMARTS) is 1. The van der Waals surface area contributed by atoms with Gasteiger partial charge >= 0.3 is 223 Å². The number of aromatic hydroxyl groups is 7. The largest absolute Gasteiger partial charge is 1.00 e. The van der Waals surface area contributed by atoms with Crippen molar-refractivity contribution in [3.05, 3.63) is 140 Å². The van der Waals surface area contributed by atoms with Crippen LogP contribution in [0.2, 0.25) is 0 Å². The Hall–Kier alpha value is -3.84. The second-order valence-electron chi connectivity index (χ2n) is 17.4. The Labute approximate surface area is 763 Å². The smallest absolute Gasteiger partial charge is 1.00 e. The van der Waals surface area contributed by atoms with Gasteiger partial charge in [0.2, 0.25) is 33.5 Å². The Kier molecular flexibility index (Phi) is 60.0. The summed E-state index contributed by atoms with van der Waals surface area (Å²) >= 11 is 9.97. The Balaban J connectivity index is -0.000000294. The number of hydrogen-bond acceptors (Lipinski definition) is 30. The van der Waals surface area contributed by atoms with E-state index < -0.39 is 52.1 Å². The normalized spacial score (nSPS) is 9.20. The summed E-state index contributed by atoms with van der Waals surface area (Å²) in [5, 5.41) is 96.2. The summed E-state index contributed by atoms with van der Waals surface area (Å²) in [6, 6.07) is 22.0. The molecule has 39 heteroatoms. The number of halogens is 4. The van der Waals surface area contributed by atoms with Gasteiger partial charge in [-0.25, -0.2) is 4.79 Å². The van der Waals surface area contributed by atoms with Crippen LogP contribution in [0.15, 0.2) is 137 Å². The van der Waals surface area contributed by atoms with Gasteiger partial charge < -0.3 is 114 Å². The number of rotatable bonds is 18. The molecule has 0 spiro atoms. The van der Waals surface area contributed by atoms with Gasteiger partial charge in [-0.2, -0.15) is 0 Å². The summed E-state index contributed by atoms with van der Waals surface area (Å²) in [7, 11) is 4.41. The van der Waals surface area contributed by atoms with E-state index in [1.54, 1.807) is 50.2 Å². The number of fused-ring (bicyclic) bond motifs is 3. The van der Waals surface area contributed by atoms with Crippen LogP contribution in [0.3, 0.4) is 0 Å². The van der Waals surface area contributed by atoms with E-state index in [0.29, 0.717) is 50.8 Å². The molecule has 0 fully saturated rings. The van der Waals surface area contributed by atoms with Crippen LogP contribution < -0.4 is 217 Å². The van der Waals surface area contributed by atoms with Gasteiger partial charge in [0, 0.05) is 24.1 Å². The minimum absolute atomic E-state index is 0. The van der Waals surface area contributed by atoms with Crippen molar-refractivity contribution < 1.29 is 304 Å². The molecule has 0 amide bonds. The maximum atomic E-state index is 12.9. The van der Waals surface area contributed by atoms with Gasteiger partial charge in [-0.05, 0) is 66.9 Å². The van der Waals surface area contributed by atoms with Gasteiger partial charge in [0.1, 0.15) is 75.6 Å². The molecule has 0 unspecified atom stereocenters. The zero-order chi connectivity index (χ0) is 70.9. The molecule has 0 saturated heterocycles. The number of benzene rings is 6. The summed E-state index contributed by atoms with van der Waals surface area (Å²) in [5.74, 6) is -4.07. The number of carbonyl (C=O) groups is 5. The number of carboxylic acids is 1. The monoisotopic (exact) mass is 1890 g/mol. The Morgan fingerprint density at radius 1 is 0.539 bits per heavy atom. The van der Waals surface area contributed by atoms with Gasteiger partial charge in [0.05, 0.1) is 63.6 Å². The number of phenols is 7. The molecule has 0 aliphatic heterocycles. The summed E-state index contributed by atoms with van der Waals surface area (Å²) in [5.41, 5.74) is 0.685. The minimum Gasteiger partial charge on any atom is 1.00 e. The molecule has 0 aliphatic carbocycles. The third kappa shape index (κ3) is 32.3. The second kappa shape index (κ2) is 57.3. The van der Waals surface area contributed by atoms with Crippen molar-refractivity contribution in [2.24, 2.45) is 0 Å². The number of alkyl halides is 1. The number of hydrogen-bond donors (Lipinski definition) is 7. The van der Waals surface area contributed by atoms with Crippen LogP contribution in [-0.2, 0) is 52.7 Å². The molecule has 0 bridgehead atoms. The average molecular weight is 1890 g/mol. The standard InChI is InChI=1S/C20H18O8.C18H14O8.C16H12O6.C5H9ClO2.2CH2O3.2CH4.3HI.2K.2Na.V.H/c1-3-26-16(22)10-27-12-6-4-11(5-7-12)13-9-28-15-8-14(21)20(25-2)19(24)17(15)18(13)23;1-24-18-12(19)6-13-15(17(18)23)16(22)11(7-26-13)9-2-4-10(5-3-9)25-8-14(20)21;1-21-16-11(18)6-12-13(15(16)20)14(19)10(7-22-12)8-2-4-9(17)5-3-8;1-2-8-5(7)3-4-6;2*2-1-4-3;;;;;;;;;;;/h4-9,21,24H,3,10H2,1-2H3;2-7,19,23H,8H2,1H3,(H,20,21);2-7,17-18,20H,1H3;2-4H2,1H3;2*1,3H;2*1H4;3*1H;;;;;;/q;;;;;;;;;;;4*+1;+2;-1/p-5. The zero-order valence-electron chi connectivity index (χ0n) is 55.3. The van der Waals surface area contributed by atoms with Crippen molar-refractivity contribution in [2.75, 3.05) is 53.6 Å². The van der Waals surface area contributed by atoms with Gasteiger partial charge in [-0.1, -0.05) is 51.3 Å². The van der Waals surface area contributed by atoms with E-state index in [-0.39, 0.29) is 330 Å². The summed E-state index contributed by atoms with van der Waals surface area (Å²) in [4.78, 5) is 92.8. The molecule has 0 radical (unpaired) electrons. The first kappa shape index (κ1) is 107. The first-order valence-electron chi connectivity index (χ1n) is 26.3. The molecule has 7 N–H and O–H groups in total. The number of phenolic OH excluding ortho intramolecular Hbond substituents is 7. The fraction of sp³-hybridized carbons (Fsp3) is 0.206. The van der Waals surface area contributed by atoms with Crippen LogP contribution >= 0.6 is 75.5 Å². The number of carbonyl (C=O) groups excluding carboxylic acids is 5. The van der Waals surface area contributed by atoms with Crippen molar-refractivity contribution in [1.82, 2.24) is 0 Å². The third-order valence-electron chi connectivity index (χ3n) is 11.7. The van der Waals surface area contributed by atoms with Gasteiger partial charge in [0.25, 0.3) is 12.9 Å². The molecule has 0 aliphatic rings. The summed E-state index contributed by atoms with van der Waals surface area (Å²) in [6.45, 7) is 3.02. The summed E-state index contributed by atoms with van der Waals surface area (Å²) in [6.07, 6.45) is 4.00. The van der Waals surface area contributed by atoms with E-state index in [0.717, 1.165) is 0 Å². The summed E-state index contributed by atoms with van der Waals surface area (Å²) < 4.78 is 50.4. The van der Waals surface area contributed by atoms with Crippen molar-refractivity contribution in [3.63, 3.8) is 0 Å². The Morgan fingerprint density at radius 2 is 0.814 bits per heavy atom. The van der Waals surface area contributed by atoms with Crippen LogP contribution in [0.4, 0.5) is 0 Å². The maximum absolute atomic E-state index is 12.9. The van der Waals surface area contributed by atoms with Crippen molar-refractivity contribution >= 4 is 139 Å². The van der Waals surface area contributed by atoms with E-state index in [1.807, 2.05) is 0 Å². The molecule has 102 heavy (non-hydrogen) atoms. The molecule has 3 heterocycles. The molecular weight excluding hydrogens is 1830 g/mol. The first-order valence-corrected chi connectivity index (χ1v) is 35.8. The molecule has 30 nitrogen and oxygen atoms in total. The van der Waals surface area contributed by atoms with Crippen LogP contribution in [0, 0.1) is 0 Å². The number of ether oxygens (including phenoxy) is 7. The predicted octanol–water partition coefficient (Wildman–Crippen LogP) is -3.75. The molecule has 9 rings (SSSR count). The first-order chi connectivity index (χ1) is 45.4.